The maximum atomic E-state index is 12.7. The number of rotatable bonds is 5. The van der Waals surface area contributed by atoms with Crippen molar-refractivity contribution in [1.29, 1.82) is 0 Å². The number of esters is 1. The number of amides is 2. The van der Waals surface area contributed by atoms with Gasteiger partial charge in [0.05, 0.1) is 0 Å². The molecule has 0 aromatic rings. The van der Waals surface area contributed by atoms with Crippen molar-refractivity contribution in [3.05, 3.63) is 0 Å². The van der Waals surface area contributed by atoms with E-state index in [1.165, 1.54) is 12.0 Å². The van der Waals surface area contributed by atoms with Crippen LogP contribution in [-0.4, -0.2) is 102 Å². The molecular formula is C15H24N3O4Tl. The van der Waals surface area contributed by atoms with E-state index in [2.05, 4.69) is 2.71 Å². The molecule has 0 saturated carbocycles. The SMILES string of the molecule is COC(=O)[C@H](C(C)C)N(C)C(=O)[C@H]1CCN(C(=O)[C@@H]2C[N]2[Tl])C1. The van der Waals surface area contributed by atoms with Crippen LogP contribution in [0.25, 0.3) is 0 Å². The Morgan fingerprint density at radius 1 is 1.26 bits per heavy atom. The molecule has 2 saturated heterocycles. The third kappa shape index (κ3) is 4.04. The fourth-order valence-electron chi connectivity index (χ4n) is 3.17. The van der Waals surface area contributed by atoms with Gasteiger partial charge in [0.1, 0.15) is 0 Å². The average molecular weight is 515 g/mol. The Morgan fingerprint density at radius 2 is 1.87 bits per heavy atom. The summed E-state index contributed by atoms with van der Waals surface area (Å²) in [5.41, 5.74) is 0. The number of methoxy groups -OCH3 is 1. The third-order valence-electron chi connectivity index (χ3n) is 4.62. The number of likely N-dealkylation sites (tertiary alicyclic amines) is 1. The minimum atomic E-state index is -0.584. The molecule has 0 bridgehead atoms. The predicted octanol–water partition coefficient (Wildman–Crippen LogP) is -0.741. The van der Waals surface area contributed by atoms with Crippen molar-refractivity contribution in [2.24, 2.45) is 11.8 Å². The van der Waals surface area contributed by atoms with E-state index >= 15 is 0 Å². The van der Waals surface area contributed by atoms with Crippen molar-refractivity contribution in [3.63, 3.8) is 0 Å². The molecular weight excluding hydrogens is 491 g/mol. The second-order valence-corrected chi connectivity index (χ2v) is 9.22. The van der Waals surface area contributed by atoms with Crippen LogP contribution in [0.1, 0.15) is 20.3 Å². The molecule has 0 aromatic carbocycles. The number of carbonyl (C=O) groups excluding carboxylic acids is 3. The van der Waals surface area contributed by atoms with Crippen LogP contribution in [-0.2, 0) is 19.1 Å². The molecule has 1 unspecified atom stereocenters. The molecule has 2 rings (SSSR count). The first-order valence-corrected chi connectivity index (χ1v) is 9.93. The molecule has 126 valence electrons. The van der Waals surface area contributed by atoms with E-state index in [0.29, 0.717) is 45.6 Å². The van der Waals surface area contributed by atoms with Gasteiger partial charge in [0.25, 0.3) is 0 Å². The predicted molar refractivity (Wildman–Crippen MR) is 84.3 cm³/mol. The summed E-state index contributed by atoms with van der Waals surface area (Å²) in [6.07, 6.45) is 0.664. The van der Waals surface area contributed by atoms with E-state index in [4.69, 9.17) is 4.74 Å². The normalized spacial score (nSPS) is 27.7. The quantitative estimate of drug-likeness (QED) is 0.275. The van der Waals surface area contributed by atoms with E-state index in [1.54, 1.807) is 11.9 Å². The molecule has 0 aliphatic carbocycles. The molecule has 2 amide bonds. The van der Waals surface area contributed by atoms with Gasteiger partial charge >= 0.3 is 153 Å². The van der Waals surface area contributed by atoms with Gasteiger partial charge in [0, 0.05) is 0 Å². The maximum absolute atomic E-state index is 12.7. The summed E-state index contributed by atoms with van der Waals surface area (Å²) < 4.78 is 6.97. The molecule has 2 heterocycles. The van der Waals surface area contributed by atoms with Gasteiger partial charge in [-0.3, -0.25) is 0 Å². The van der Waals surface area contributed by atoms with E-state index in [1.807, 2.05) is 13.8 Å². The van der Waals surface area contributed by atoms with Crippen LogP contribution < -0.4 is 0 Å². The van der Waals surface area contributed by atoms with Gasteiger partial charge in [0.2, 0.25) is 0 Å². The van der Waals surface area contributed by atoms with Gasteiger partial charge in [0.15, 0.2) is 0 Å². The number of ether oxygens (including phenoxy) is 1. The second-order valence-electron chi connectivity index (χ2n) is 6.64. The summed E-state index contributed by atoms with van der Waals surface area (Å²) in [5, 5.41) is 0. The number of likely N-dealkylation sites (N-methyl/N-ethyl adjacent to an activating group) is 1. The van der Waals surface area contributed by atoms with Crippen LogP contribution in [0.4, 0.5) is 0 Å². The summed E-state index contributed by atoms with van der Waals surface area (Å²) in [6.45, 7) is 5.74. The minimum absolute atomic E-state index is 0.0263. The summed E-state index contributed by atoms with van der Waals surface area (Å²) in [7, 11) is 2.98. The first-order valence-electron chi connectivity index (χ1n) is 7.92. The Hall–Kier alpha value is -0.708. The molecule has 8 heteroatoms. The van der Waals surface area contributed by atoms with Gasteiger partial charge < -0.3 is 0 Å². The van der Waals surface area contributed by atoms with Crippen LogP contribution in [0.2, 0.25) is 0 Å². The van der Waals surface area contributed by atoms with Crippen LogP contribution >= 0.6 is 0 Å². The number of nitrogens with zero attached hydrogens (tertiary/aromatic N) is 3. The zero-order valence-electron chi connectivity index (χ0n) is 14.2. The topological polar surface area (TPSA) is 69.9 Å². The molecule has 0 spiro atoms. The number of hydrogen-bond acceptors (Lipinski definition) is 5. The Bertz CT molecular complexity index is 499. The van der Waals surface area contributed by atoms with E-state index < -0.39 is 12.0 Å². The first-order chi connectivity index (χ1) is 10.8. The van der Waals surface area contributed by atoms with Crippen LogP contribution in [0.3, 0.4) is 0 Å². The Balaban J connectivity index is 1.97. The molecule has 0 radical (unpaired) electrons. The van der Waals surface area contributed by atoms with Gasteiger partial charge in [-0.1, -0.05) is 0 Å². The number of hydrogen-bond donors (Lipinski definition) is 0. The third-order valence-corrected chi connectivity index (χ3v) is 6.84. The van der Waals surface area contributed by atoms with Crippen molar-refractivity contribution in [2.45, 2.75) is 32.4 Å². The summed E-state index contributed by atoms with van der Waals surface area (Å²) >= 11 is 0.701. The van der Waals surface area contributed by atoms with E-state index in [9.17, 15) is 14.4 Å². The van der Waals surface area contributed by atoms with Crippen LogP contribution in [0, 0.1) is 11.8 Å². The molecule has 2 fully saturated rings. The molecule has 4 atom stereocenters. The molecule has 0 aromatic heterocycles. The van der Waals surface area contributed by atoms with Crippen LogP contribution in [0.5, 0.6) is 0 Å². The zero-order chi connectivity index (χ0) is 17.3. The molecule has 2 aliphatic rings. The fraction of sp³-hybridized carbons (Fsp3) is 0.800. The zero-order valence-corrected chi connectivity index (χ0v) is 18.7. The molecule has 7 nitrogen and oxygen atoms in total. The summed E-state index contributed by atoms with van der Waals surface area (Å²) in [4.78, 5) is 40.2. The van der Waals surface area contributed by atoms with Gasteiger partial charge in [-0.2, -0.15) is 0 Å². The van der Waals surface area contributed by atoms with Crippen molar-refractivity contribution >= 4 is 43.8 Å². The van der Waals surface area contributed by atoms with Crippen molar-refractivity contribution in [2.75, 3.05) is 33.8 Å². The van der Waals surface area contributed by atoms with E-state index in [0.717, 1.165) is 6.54 Å². The van der Waals surface area contributed by atoms with Gasteiger partial charge in [-0.25, -0.2) is 0 Å². The first kappa shape index (κ1) is 18.6. The Kier molecular flexibility index (Phi) is 6.04. The van der Waals surface area contributed by atoms with Crippen molar-refractivity contribution in [1.82, 2.24) is 12.5 Å². The van der Waals surface area contributed by atoms with Crippen LogP contribution in [0.15, 0.2) is 0 Å². The summed E-state index contributed by atoms with van der Waals surface area (Å²) in [5.74, 6) is -0.573. The summed E-state index contributed by atoms with van der Waals surface area (Å²) in [6, 6.07) is -0.524. The van der Waals surface area contributed by atoms with Gasteiger partial charge in [-0.05, 0) is 0 Å². The molecule has 2 aliphatic heterocycles. The van der Waals surface area contributed by atoms with E-state index in [-0.39, 0.29) is 29.7 Å². The fourth-order valence-corrected chi connectivity index (χ4v) is 4.44. The Morgan fingerprint density at radius 3 is 2.35 bits per heavy atom. The number of carbonyl (C=O) groups is 3. The van der Waals surface area contributed by atoms with Crippen molar-refractivity contribution < 1.29 is 19.1 Å². The monoisotopic (exact) mass is 515 g/mol. The molecule has 0 N–H and O–H groups in total. The Labute approximate surface area is 153 Å². The van der Waals surface area contributed by atoms with Crippen molar-refractivity contribution in [3.8, 4) is 0 Å². The molecule has 23 heavy (non-hydrogen) atoms. The standard InChI is InChI=1S/C15H24N3O4.Tl/c1-9(2)12(15(21)22-4)17(3)13(19)10-5-6-18(8-10)14(20)11-7-16-11;/h9-12H,5-8H2,1-4H3;/q-1;+1/t10-,11-,12-;/m0./s1. The second kappa shape index (κ2) is 7.46. The average Bonchev–Trinajstić information content (AvgIpc) is 3.03. The van der Waals surface area contributed by atoms with Gasteiger partial charge in [-0.15, -0.1) is 0 Å².